The second-order valence-electron chi connectivity index (χ2n) is 7.24. The van der Waals surface area contributed by atoms with E-state index in [2.05, 4.69) is 15.1 Å². The molecule has 2 aromatic heterocycles. The highest BCUT2D eigenvalue weighted by atomic mass is 19.4. The van der Waals surface area contributed by atoms with Crippen molar-refractivity contribution in [2.75, 3.05) is 36.1 Å². The van der Waals surface area contributed by atoms with Crippen LogP contribution >= 0.6 is 0 Å². The SMILES string of the molecule is Cc1nc(CN2CC[C@H](C(F)(F)F)n3c2nc(N2CCOC[C@H]2C)cc3=O)no1. The zero-order valence-corrected chi connectivity index (χ0v) is 16.0. The Morgan fingerprint density at radius 1 is 1.28 bits per heavy atom. The summed E-state index contributed by atoms with van der Waals surface area (Å²) in [5.41, 5.74) is -0.736. The number of halogens is 3. The van der Waals surface area contributed by atoms with Gasteiger partial charge in [-0.3, -0.25) is 9.36 Å². The first kappa shape index (κ1) is 19.7. The van der Waals surface area contributed by atoms with E-state index in [0.29, 0.717) is 37.3 Å². The minimum absolute atomic E-state index is 0.0396. The van der Waals surface area contributed by atoms with Gasteiger partial charge in [0.2, 0.25) is 11.8 Å². The molecule has 0 amide bonds. The Labute approximate surface area is 164 Å². The summed E-state index contributed by atoms with van der Waals surface area (Å²) in [6.07, 6.45) is -4.81. The van der Waals surface area contributed by atoms with Crippen LogP contribution in [0.2, 0.25) is 0 Å². The van der Waals surface area contributed by atoms with Crippen LogP contribution in [0.5, 0.6) is 0 Å². The molecule has 0 unspecified atom stereocenters. The Morgan fingerprint density at radius 2 is 2.07 bits per heavy atom. The van der Waals surface area contributed by atoms with E-state index in [1.165, 1.54) is 6.07 Å². The van der Waals surface area contributed by atoms with Gasteiger partial charge in [-0.05, 0) is 13.3 Å². The molecule has 0 aliphatic carbocycles. The third kappa shape index (κ3) is 3.80. The number of fused-ring (bicyclic) bond motifs is 1. The Balaban J connectivity index is 1.78. The molecule has 12 heteroatoms. The van der Waals surface area contributed by atoms with Gasteiger partial charge in [-0.15, -0.1) is 0 Å². The average Bonchev–Trinajstić information content (AvgIpc) is 3.06. The maximum atomic E-state index is 13.6. The van der Waals surface area contributed by atoms with Crippen LogP contribution < -0.4 is 15.4 Å². The fraction of sp³-hybridized carbons (Fsp3) is 0.647. The van der Waals surface area contributed by atoms with Crippen molar-refractivity contribution in [2.45, 2.75) is 45.1 Å². The van der Waals surface area contributed by atoms with Gasteiger partial charge in [0.15, 0.2) is 5.82 Å². The molecule has 29 heavy (non-hydrogen) atoms. The Hall–Kier alpha value is -2.63. The molecule has 158 valence electrons. The minimum Gasteiger partial charge on any atom is -0.377 e. The molecule has 0 spiro atoms. The fourth-order valence-corrected chi connectivity index (χ4v) is 3.74. The summed E-state index contributed by atoms with van der Waals surface area (Å²) < 4.78 is 51.9. The molecule has 1 saturated heterocycles. The molecular weight excluding hydrogens is 393 g/mol. The van der Waals surface area contributed by atoms with Crippen LogP contribution in [0.15, 0.2) is 15.4 Å². The van der Waals surface area contributed by atoms with Gasteiger partial charge >= 0.3 is 6.18 Å². The van der Waals surface area contributed by atoms with Gasteiger partial charge in [0.05, 0.1) is 25.8 Å². The predicted molar refractivity (Wildman–Crippen MR) is 95.9 cm³/mol. The van der Waals surface area contributed by atoms with Crippen LogP contribution in [-0.2, 0) is 11.3 Å². The number of nitrogens with zero attached hydrogens (tertiary/aromatic N) is 6. The Bertz CT molecular complexity index is 943. The highest BCUT2D eigenvalue weighted by Gasteiger charge is 2.46. The summed E-state index contributed by atoms with van der Waals surface area (Å²) in [7, 11) is 0. The van der Waals surface area contributed by atoms with Crippen molar-refractivity contribution in [1.82, 2.24) is 19.7 Å². The van der Waals surface area contributed by atoms with E-state index in [9.17, 15) is 18.0 Å². The van der Waals surface area contributed by atoms with Crippen LogP contribution in [0.4, 0.5) is 24.9 Å². The van der Waals surface area contributed by atoms with Crippen LogP contribution in [0.3, 0.4) is 0 Å². The van der Waals surface area contributed by atoms with Crippen LogP contribution in [0, 0.1) is 6.92 Å². The molecule has 9 nitrogen and oxygen atoms in total. The first-order chi connectivity index (χ1) is 13.7. The molecule has 4 heterocycles. The molecule has 4 rings (SSSR count). The van der Waals surface area contributed by atoms with E-state index in [4.69, 9.17) is 9.26 Å². The molecule has 2 atom stereocenters. The van der Waals surface area contributed by atoms with Crippen LogP contribution in [0.1, 0.15) is 31.1 Å². The van der Waals surface area contributed by atoms with Crippen LogP contribution in [0.25, 0.3) is 0 Å². The molecule has 2 aromatic rings. The summed E-state index contributed by atoms with van der Waals surface area (Å²) in [6, 6.07) is -0.794. The standard InChI is InChI=1S/C17H21F3N6O3/c1-10-9-28-6-5-25(10)14-7-15(27)26-12(17(18,19)20)3-4-24(16(26)22-14)8-13-21-11(2)29-23-13/h7,10,12H,3-6,8-9H2,1-2H3/t10-,12-/m1/s1. The van der Waals surface area contributed by atoms with Gasteiger partial charge in [0.1, 0.15) is 11.9 Å². The van der Waals surface area contributed by atoms with Gasteiger partial charge in [-0.1, -0.05) is 5.16 Å². The number of alkyl halides is 3. The number of hydrogen-bond acceptors (Lipinski definition) is 8. The maximum Gasteiger partial charge on any atom is 0.409 e. The van der Waals surface area contributed by atoms with Crippen LogP contribution in [-0.4, -0.2) is 58.2 Å². The first-order valence-corrected chi connectivity index (χ1v) is 9.33. The molecule has 0 radical (unpaired) electrons. The second-order valence-corrected chi connectivity index (χ2v) is 7.24. The molecule has 0 saturated carbocycles. The van der Waals surface area contributed by atoms with E-state index in [-0.39, 0.29) is 31.5 Å². The summed E-state index contributed by atoms with van der Waals surface area (Å²) in [5.74, 6) is 0.974. The zero-order chi connectivity index (χ0) is 20.8. The fourth-order valence-electron chi connectivity index (χ4n) is 3.74. The normalized spacial score (nSPS) is 22.7. The molecule has 2 aliphatic rings. The van der Waals surface area contributed by atoms with Crippen molar-refractivity contribution in [3.63, 3.8) is 0 Å². The summed E-state index contributed by atoms with van der Waals surface area (Å²) in [6.45, 7) is 5.11. The Kier molecular flexibility index (Phi) is 4.97. The highest BCUT2D eigenvalue weighted by Crippen LogP contribution is 2.38. The third-order valence-corrected chi connectivity index (χ3v) is 5.13. The van der Waals surface area contributed by atoms with Gasteiger partial charge < -0.3 is 19.1 Å². The van der Waals surface area contributed by atoms with E-state index in [1.807, 2.05) is 11.8 Å². The van der Waals surface area contributed by atoms with E-state index < -0.39 is 17.8 Å². The molecule has 2 aliphatic heterocycles. The minimum atomic E-state index is -4.55. The molecule has 1 fully saturated rings. The lowest BCUT2D eigenvalue weighted by Crippen LogP contribution is -2.48. The second kappa shape index (κ2) is 7.32. The number of aryl methyl sites for hydroxylation is 1. The number of aromatic nitrogens is 4. The van der Waals surface area contributed by atoms with Crippen molar-refractivity contribution in [3.8, 4) is 0 Å². The summed E-state index contributed by atoms with van der Waals surface area (Å²) in [5, 5.41) is 3.81. The van der Waals surface area contributed by atoms with Gasteiger partial charge in [-0.2, -0.15) is 23.1 Å². The number of rotatable bonds is 3. The smallest absolute Gasteiger partial charge is 0.377 e. The van der Waals surface area contributed by atoms with Crippen molar-refractivity contribution >= 4 is 11.8 Å². The van der Waals surface area contributed by atoms with Gasteiger partial charge in [0, 0.05) is 26.1 Å². The summed E-state index contributed by atoms with van der Waals surface area (Å²) >= 11 is 0. The maximum absolute atomic E-state index is 13.6. The highest BCUT2D eigenvalue weighted by molar-refractivity contribution is 5.47. The quantitative estimate of drug-likeness (QED) is 0.750. The predicted octanol–water partition coefficient (Wildman–Crippen LogP) is 1.67. The molecule has 0 aromatic carbocycles. The average molecular weight is 414 g/mol. The van der Waals surface area contributed by atoms with Crippen molar-refractivity contribution in [2.24, 2.45) is 0 Å². The lowest BCUT2D eigenvalue weighted by Gasteiger charge is -2.38. The van der Waals surface area contributed by atoms with E-state index in [1.54, 1.807) is 11.8 Å². The van der Waals surface area contributed by atoms with E-state index >= 15 is 0 Å². The number of hydrogen-bond donors (Lipinski definition) is 0. The van der Waals surface area contributed by atoms with Gasteiger partial charge in [-0.25, -0.2) is 0 Å². The monoisotopic (exact) mass is 414 g/mol. The molecule has 0 bridgehead atoms. The van der Waals surface area contributed by atoms with Crippen molar-refractivity contribution in [1.29, 1.82) is 0 Å². The third-order valence-electron chi connectivity index (χ3n) is 5.13. The van der Waals surface area contributed by atoms with Crippen molar-refractivity contribution < 1.29 is 22.4 Å². The molecule has 0 N–H and O–H groups in total. The van der Waals surface area contributed by atoms with Crippen molar-refractivity contribution in [3.05, 3.63) is 28.1 Å². The molecular formula is C17H21F3N6O3. The zero-order valence-electron chi connectivity index (χ0n) is 16.0. The topological polar surface area (TPSA) is 89.5 Å². The lowest BCUT2D eigenvalue weighted by atomic mass is 10.1. The number of morpholine rings is 1. The summed E-state index contributed by atoms with van der Waals surface area (Å²) in [4.78, 5) is 24.8. The first-order valence-electron chi connectivity index (χ1n) is 9.33. The Morgan fingerprint density at radius 3 is 2.72 bits per heavy atom. The number of ether oxygens (including phenoxy) is 1. The largest absolute Gasteiger partial charge is 0.409 e. The van der Waals surface area contributed by atoms with Gasteiger partial charge in [0.25, 0.3) is 5.56 Å². The number of anilines is 2. The lowest BCUT2D eigenvalue weighted by molar-refractivity contribution is -0.171. The van der Waals surface area contributed by atoms with E-state index in [0.717, 1.165) is 4.57 Å².